The summed E-state index contributed by atoms with van der Waals surface area (Å²) in [5, 5.41) is 11.2. The number of morpholine rings is 1. The van der Waals surface area contributed by atoms with Gasteiger partial charge in [-0.2, -0.15) is 0 Å². The van der Waals surface area contributed by atoms with Crippen LogP contribution in [0.1, 0.15) is 30.5 Å². The third-order valence-electron chi connectivity index (χ3n) is 6.00. The Kier molecular flexibility index (Phi) is 7.42. The van der Waals surface area contributed by atoms with Gasteiger partial charge in [-0.3, -0.25) is 14.5 Å². The quantitative estimate of drug-likeness (QED) is 0.378. The number of aliphatic hydroxyl groups excluding tert-OH is 1. The lowest BCUT2D eigenvalue weighted by Gasteiger charge is -2.31. The van der Waals surface area contributed by atoms with E-state index in [1.54, 1.807) is 23.1 Å². The molecule has 1 N–H and O–H groups in total. The molecule has 2 heterocycles. The molecule has 0 aromatic heterocycles. The summed E-state index contributed by atoms with van der Waals surface area (Å²) >= 11 is 0. The van der Waals surface area contributed by atoms with Gasteiger partial charge >= 0.3 is 0 Å². The molecular formula is C26H30N2O5. The number of hydrogen-bond acceptors (Lipinski definition) is 6. The normalized spacial score (nSPS) is 20.9. The number of aliphatic hydroxyl groups is 1. The van der Waals surface area contributed by atoms with Crippen LogP contribution < -0.4 is 4.74 Å². The van der Waals surface area contributed by atoms with Gasteiger partial charge in [0.1, 0.15) is 11.5 Å². The number of ketones is 1. The summed E-state index contributed by atoms with van der Waals surface area (Å²) in [5.74, 6) is -0.822. The van der Waals surface area contributed by atoms with Gasteiger partial charge in [-0.1, -0.05) is 49.4 Å². The molecule has 2 aliphatic rings. The average molecular weight is 451 g/mol. The smallest absolute Gasteiger partial charge is 0.295 e. The Morgan fingerprint density at radius 2 is 1.82 bits per heavy atom. The van der Waals surface area contributed by atoms with Crippen LogP contribution >= 0.6 is 0 Å². The fraction of sp³-hybridized carbons (Fsp3) is 0.385. The molecule has 0 aliphatic carbocycles. The van der Waals surface area contributed by atoms with E-state index in [1.807, 2.05) is 43.3 Å². The van der Waals surface area contributed by atoms with Crippen molar-refractivity contribution in [3.8, 4) is 5.75 Å². The first-order chi connectivity index (χ1) is 16.1. The maximum absolute atomic E-state index is 13.1. The second-order valence-corrected chi connectivity index (χ2v) is 8.23. The standard InChI is InChI=1S/C26H30N2O5/c1-2-15-33-21-10-6-9-20(18-21)24(29)22-23(19-7-4-3-5-8-19)28(26(31)25(22)30)12-11-27-13-16-32-17-14-27/h3-10,18,23,29H,2,11-17H2,1H3. The molecule has 2 aromatic rings. The Labute approximate surface area is 194 Å². The number of ether oxygens (including phenoxy) is 2. The van der Waals surface area contributed by atoms with Crippen LogP contribution in [0.2, 0.25) is 0 Å². The first-order valence-corrected chi connectivity index (χ1v) is 11.5. The minimum atomic E-state index is -0.664. The number of benzene rings is 2. The van der Waals surface area contributed by atoms with E-state index < -0.39 is 17.7 Å². The highest BCUT2D eigenvalue weighted by molar-refractivity contribution is 6.46. The van der Waals surface area contributed by atoms with Gasteiger partial charge in [0.2, 0.25) is 0 Å². The lowest BCUT2D eigenvalue weighted by atomic mass is 9.95. The van der Waals surface area contributed by atoms with Crippen molar-refractivity contribution in [2.24, 2.45) is 0 Å². The fourth-order valence-electron chi connectivity index (χ4n) is 4.28. The Morgan fingerprint density at radius 3 is 2.55 bits per heavy atom. The van der Waals surface area contributed by atoms with Gasteiger partial charge in [0.15, 0.2) is 0 Å². The summed E-state index contributed by atoms with van der Waals surface area (Å²) in [6.07, 6.45) is 0.860. The summed E-state index contributed by atoms with van der Waals surface area (Å²) in [6, 6.07) is 15.7. The molecule has 174 valence electrons. The largest absolute Gasteiger partial charge is 0.507 e. The van der Waals surface area contributed by atoms with Crippen LogP contribution in [0, 0.1) is 0 Å². The first kappa shape index (κ1) is 23.0. The van der Waals surface area contributed by atoms with E-state index in [-0.39, 0.29) is 11.3 Å². The Bertz CT molecular complexity index is 1010. The maximum atomic E-state index is 13.1. The molecule has 33 heavy (non-hydrogen) atoms. The highest BCUT2D eigenvalue weighted by Crippen LogP contribution is 2.39. The second-order valence-electron chi connectivity index (χ2n) is 8.23. The molecule has 2 aliphatic heterocycles. The van der Waals surface area contributed by atoms with E-state index in [2.05, 4.69) is 4.90 Å². The Balaban J connectivity index is 1.69. The highest BCUT2D eigenvalue weighted by Gasteiger charge is 2.46. The summed E-state index contributed by atoms with van der Waals surface area (Å²) in [5.41, 5.74) is 1.36. The van der Waals surface area contributed by atoms with E-state index in [1.165, 1.54) is 0 Å². The summed E-state index contributed by atoms with van der Waals surface area (Å²) in [7, 11) is 0. The van der Waals surface area contributed by atoms with Crippen LogP contribution in [0.4, 0.5) is 0 Å². The molecule has 1 amide bonds. The van der Waals surface area contributed by atoms with Gasteiger partial charge in [0.25, 0.3) is 11.7 Å². The molecule has 4 rings (SSSR count). The van der Waals surface area contributed by atoms with Crippen LogP contribution in [0.3, 0.4) is 0 Å². The average Bonchev–Trinajstić information content (AvgIpc) is 3.12. The summed E-state index contributed by atoms with van der Waals surface area (Å²) in [4.78, 5) is 30.0. The van der Waals surface area contributed by atoms with E-state index in [4.69, 9.17) is 9.47 Å². The Morgan fingerprint density at radius 1 is 1.06 bits per heavy atom. The van der Waals surface area contributed by atoms with Crippen molar-refractivity contribution >= 4 is 17.4 Å². The number of carbonyl (C=O) groups excluding carboxylic acids is 2. The third kappa shape index (κ3) is 5.10. The predicted molar refractivity (Wildman–Crippen MR) is 125 cm³/mol. The van der Waals surface area contributed by atoms with Gasteiger partial charge < -0.3 is 19.5 Å². The molecule has 2 saturated heterocycles. The van der Waals surface area contributed by atoms with Crippen LogP contribution in [0.15, 0.2) is 60.2 Å². The molecule has 7 heteroatoms. The molecule has 2 aromatic carbocycles. The fourth-order valence-corrected chi connectivity index (χ4v) is 4.28. The SMILES string of the molecule is CCCOc1cccc(C(O)=C2C(=O)C(=O)N(CCN3CCOCC3)C2c2ccccc2)c1. The number of likely N-dealkylation sites (tertiary alicyclic amines) is 1. The van der Waals surface area contributed by atoms with Crippen LogP contribution in [-0.4, -0.2) is 72.6 Å². The van der Waals surface area contributed by atoms with Crippen molar-refractivity contribution in [2.45, 2.75) is 19.4 Å². The number of carbonyl (C=O) groups is 2. The minimum absolute atomic E-state index is 0.112. The van der Waals surface area contributed by atoms with E-state index in [0.717, 1.165) is 25.1 Å². The molecular weight excluding hydrogens is 420 g/mol. The van der Waals surface area contributed by atoms with E-state index in [9.17, 15) is 14.7 Å². The molecule has 0 saturated carbocycles. The number of Topliss-reactive ketones (excluding diaryl/α,β-unsaturated/α-hetero) is 1. The lowest BCUT2D eigenvalue weighted by molar-refractivity contribution is -0.140. The van der Waals surface area contributed by atoms with E-state index in [0.29, 0.717) is 44.2 Å². The van der Waals surface area contributed by atoms with Gasteiger partial charge in [-0.05, 0) is 24.1 Å². The minimum Gasteiger partial charge on any atom is -0.507 e. The van der Waals surface area contributed by atoms with Crippen molar-refractivity contribution in [3.05, 3.63) is 71.3 Å². The molecule has 0 bridgehead atoms. The van der Waals surface area contributed by atoms with Gasteiger partial charge in [-0.25, -0.2) is 0 Å². The predicted octanol–water partition coefficient (Wildman–Crippen LogP) is 3.23. The number of nitrogens with zero attached hydrogens (tertiary/aromatic N) is 2. The lowest BCUT2D eigenvalue weighted by Crippen LogP contribution is -2.42. The number of amides is 1. The second kappa shape index (κ2) is 10.6. The van der Waals surface area contributed by atoms with Gasteiger partial charge in [0, 0.05) is 31.7 Å². The van der Waals surface area contributed by atoms with Crippen LogP contribution in [0.25, 0.3) is 5.76 Å². The summed E-state index contributed by atoms with van der Waals surface area (Å²) < 4.78 is 11.1. The number of rotatable bonds is 8. The van der Waals surface area contributed by atoms with Crippen molar-refractivity contribution in [3.63, 3.8) is 0 Å². The van der Waals surface area contributed by atoms with Crippen molar-refractivity contribution in [2.75, 3.05) is 46.0 Å². The van der Waals surface area contributed by atoms with E-state index >= 15 is 0 Å². The summed E-state index contributed by atoms with van der Waals surface area (Å²) in [6.45, 7) is 6.52. The molecule has 1 atom stereocenters. The topological polar surface area (TPSA) is 79.3 Å². The van der Waals surface area contributed by atoms with Crippen molar-refractivity contribution in [1.29, 1.82) is 0 Å². The number of hydrogen-bond donors (Lipinski definition) is 1. The Hall–Kier alpha value is -3.16. The maximum Gasteiger partial charge on any atom is 0.295 e. The molecule has 2 fully saturated rings. The third-order valence-corrected chi connectivity index (χ3v) is 6.00. The molecule has 1 unspecified atom stereocenters. The zero-order valence-electron chi connectivity index (χ0n) is 18.9. The van der Waals surface area contributed by atoms with Gasteiger partial charge in [-0.15, -0.1) is 0 Å². The van der Waals surface area contributed by atoms with Crippen LogP contribution in [0.5, 0.6) is 5.75 Å². The van der Waals surface area contributed by atoms with Crippen molar-refractivity contribution in [1.82, 2.24) is 9.80 Å². The molecule has 0 spiro atoms. The molecule has 0 radical (unpaired) electrons. The van der Waals surface area contributed by atoms with Crippen molar-refractivity contribution < 1.29 is 24.2 Å². The highest BCUT2D eigenvalue weighted by atomic mass is 16.5. The zero-order chi connectivity index (χ0) is 23.2. The zero-order valence-corrected chi connectivity index (χ0v) is 18.9. The van der Waals surface area contributed by atoms with Gasteiger partial charge in [0.05, 0.1) is 31.4 Å². The monoisotopic (exact) mass is 450 g/mol. The molecule has 7 nitrogen and oxygen atoms in total. The van der Waals surface area contributed by atoms with Crippen LogP contribution in [-0.2, 0) is 14.3 Å². The first-order valence-electron chi connectivity index (χ1n) is 11.5.